The van der Waals surface area contributed by atoms with Crippen molar-refractivity contribution in [2.75, 3.05) is 12.4 Å². The van der Waals surface area contributed by atoms with E-state index in [4.69, 9.17) is 0 Å². The number of aromatic amines is 1. The van der Waals surface area contributed by atoms with Gasteiger partial charge in [-0.3, -0.25) is 4.79 Å². The lowest BCUT2D eigenvalue weighted by molar-refractivity contribution is 0.989. The minimum absolute atomic E-state index is 0.194. The van der Waals surface area contributed by atoms with Crippen LogP contribution in [-0.4, -0.2) is 17.2 Å². The Hall–Kier alpha value is -1.32. The summed E-state index contributed by atoms with van der Waals surface area (Å²) in [5, 5.41) is 8.51. The van der Waals surface area contributed by atoms with E-state index in [9.17, 15) is 4.79 Å². The van der Waals surface area contributed by atoms with Gasteiger partial charge < -0.3 is 5.32 Å². The topological polar surface area (TPSA) is 57.8 Å². The van der Waals surface area contributed by atoms with Crippen LogP contribution >= 0.6 is 0 Å². The summed E-state index contributed by atoms with van der Waals surface area (Å²) < 4.78 is 0. The summed E-state index contributed by atoms with van der Waals surface area (Å²) in [4.78, 5) is 10.7. The minimum Gasteiger partial charge on any atom is -0.384 e. The second kappa shape index (κ2) is 2.30. The molecule has 0 amide bonds. The zero-order valence-electron chi connectivity index (χ0n) is 5.01. The van der Waals surface area contributed by atoms with Crippen LogP contribution in [0.1, 0.15) is 0 Å². The summed E-state index contributed by atoms with van der Waals surface area (Å²) in [5.41, 5.74) is 0.338. The number of H-pyrrole nitrogens is 1. The monoisotopic (exact) mass is 125 g/mol. The Morgan fingerprint density at radius 3 is 3.00 bits per heavy atom. The molecule has 0 spiro atoms. The van der Waals surface area contributed by atoms with E-state index in [0.717, 1.165) is 0 Å². The second-order valence-corrected chi connectivity index (χ2v) is 1.55. The first-order chi connectivity index (χ1) is 4.34. The first-order valence-corrected chi connectivity index (χ1v) is 2.56. The number of anilines is 1. The van der Waals surface area contributed by atoms with Crippen LogP contribution in [0, 0.1) is 0 Å². The van der Waals surface area contributed by atoms with Crippen LogP contribution in [0.3, 0.4) is 0 Å². The molecule has 1 aromatic rings. The van der Waals surface area contributed by atoms with E-state index in [1.165, 1.54) is 6.20 Å². The average molecular weight is 125 g/mol. The van der Waals surface area contributed by atoms with Crippen LogP contribution in [0.5, 0.6) is 0 Å². The Balaban J connectivity index is 3.16. The molecule has 2 N–H and O–H groups in total. The molecule has 0 unspecified atom stereocenters. The molecule has 48 valence electrons. The molecule has 0 bridgehead atoms. The minimum atomic E-state index is -0.194. The first kappa shape index (κ1) is 5.81. The lowest BCUT2D eigenvalue weighted by Crippen LogP contribution is -2.11. The maximum absolute atomic E-state index is 10.7. The van der Waals surface area contributed by atoms with Gasteiger partial charge in [0.15, 0.2) is 0 Å². The van der Waals surface area contributed by atoms with Crippen LogP contribution in [0.4, 0.5) is 5.69 Å². The maximum atomic E-state index is 10.7. The van der Waals surface area contributed by atoms with Gasteiger partial charge in [0.2, 0.25) is 0 Å². The molecule has 1 heterocycles. The van der Waals surface area contributed by atoms with Crippen LogP contribution in [0.15, 0.2) is 17.1 Å². The largest absolute Gasteiger partial charge is 0.384 e. The Morgan fingerprint density at radius 2 is 2.56 bits per heavy atom. The number of aromatic nitrogens is 2. The van der Waals surface area contributed by atoms with Crippen molar-refractivity contribution in [2.24, 2.45) is 0 Å². The first-order valence-electron chi connectivity index (χ1n) is 2.56. The van der Waals surface area contributed by atoms with Gasteiger partial charge in [0.05, 0.1) is 0 Å². The maximum Gasteiger partial charge on any atom is 0.287 e. The second-order valence-electron chi connectivity index (χ2n) is 1.55. The number of nitrogens with one attached hydrogen (secondary N) is 2. The average Bonchev–Trinajstić information content (AvgIpc) is 1.89. The van der Waals surface area contributed by atoms with Crippen molar-refractivity contribution in [1.82, 2.24) is 10.2 Å². The molecule has 0 saturated carbocycles. The van der Waals surface area contributed by atoms with E-state index >= 15 is 0 Å². The summed E-state index contributed by atoms with van der Waals surface area (Å²) in [6, 6.07) is 1.61. The third kappa shape index (κ3) is 1.07. The Bertz CT molecular complexity index is 242. The van der Waals surface area contributed by atoms with Gasteiger partial charge in [-0.05, 0) is 6.07 Å². The molecular formula is C5H7N3O. The number of hydrogen-bond acceptors (Lipinski definition) is 3. The fourth-order valence-corrected chi connectivity index (χ4v) is 0.540. The number of hydrogen-bond donors (Lipinski definition) is 2. The summed E-state index contributed by atoms with van der Waals surface area (Å²) >= 11 is 0. The summed E-state index contributed by atoms with van der Waals surface area (Å²) in [7, 11) is 1.69. The fraction of sp³-hybridized carbons (Fsp3) is 0.200. The molecule has 9 heavy (non-hydrogen) atoms. The summed E-state index contributed by atoms with van der Waals surface area (Å²) in [6.07, 6.45) is 1.52. The van der Waals surface area contributed by atoms with Crippen LogP contribution in [0.2, 0.25) is 0 Å². The van der Waals surface area contributed by atoms with Crippen molar-refractivity contribution >= 4 is 5.69 Å². The molecule has 0 saturated heterocycles. The van der Waals surface area contributed by atoms with Gasteiger partial charge >= 0.3 is 0 Å². The smallest absolute Gasteiger partial charge is 0.287 e. The lowest BCUT2D eigenvalue weighted by atomic mass is 10.5. The van der Waals surface area contributed by atoms with Crippen molar-refractivity contribution in [1.29, 1.82) is 0 Å². The predicted octanol–water partition coefficient (Wildman–Crippen LogP) is -0.188. The van der Waals surface area contributed by atoms with Gasteiger partial charge in [-0.2, -0.15) is 5.10 Å². The molecule has 0 aliphatic carbocycles. The highest BCUT2D eigenvalue weighted by Gasteiger charge is 1.90. The predicted molar refractivity (Wildman–Crippen MR) is 34.4 cm³/mol. The normalized spacial score (nSPS) is 9.00. The van der Waals surface area contributed by atoms with E-state index in [2.05, 4.69) is 15.5 Å². The van der Waals surface area contributed by atoms with Gasteiger partial charge in [-0.25, -0.2) is 5.10 Å². The third-order valence-corrected chi connectivity index (χ3v) is 0.996. The molecular weight excluding hydrogens is 118 g/mol. The van der Waals surface area contributed by atoms with Crippen molar-refractivity contribution in [3.05, 3.63) is 22.6 Å². The van der Waals surface area contributed by atoms with Gasteiger partial charge in [-0.1, -0.05) is 0 Å². The van der Waals surface area contributed by atoms with Crippen LogP contribution < -0.4 is 10.9 Å². The van der Waals surface area contributed by atoms with E-state index in [1.54, 1.807) is 13.1 Å². The molecule has 0 radical (unpaired) electrons. The van der Waals surface area contributed by atoms with Crippen molar-refractivity contribution in [3.63, 3.8) is 0 Å². The van der Waals surface area contributed by atoms with Gasteiger partial charge in [0.1, 0.15) is 5.69 Å². The van der Waals surface area contributed by atoms with Crippen LogP contribution in [-0.2, 0) is 0 Å². The van der Waals surface area contributed by atoms with Gasteiger partial charge in [0, 0.05) is 13.2 Å². The van der Waals surface area contributed by atoms with Gasteiger partial charge in [-0.15, -0.1) is 0 Å². The van der Waals surface area contributed by atoms with E-state index < -0.39 is 0 Å². The SMILES string of the molecule is CNc1ccn[nH]c1=O. The lowest BCUT2D eigenvalue weighted by Gasteiger charge is -1.92. The Morgan fingerprint density at radius 1 is 1.78 bits per heavy atom. The highest BCUT2D eigenvalue weighted by Crippen LogP contribution is 1.89. The number of nitrogens with zero attached hydrogens (tertiary/aromatic N) is 1. The molecule has 4 nitrogen and oxygen atoms in total. The van der Waals surface area contributed by atoms with E-state index in [0.29, 0.717) is 5.69 Å². The molecule has 0 aliphatic heterocycles. The van der Waals surface area contributed by atoms with E-state index in [1.807, 2.05) is 0 Å². The quantitative estimate of drug-likeness (QED) is 0.547. The molecule has 0 aromatic carbocycles. The van der Waals surface area contributed by atoms with E-state index in [-0.39, 0.29) is 5.56 Å². The van der Waals surface area contributed by atoms with Crippen molar-refractivity contribution < 1.29 is 0 Å². The zero-order valence-corrected chi connectivity index (χ0v) is 5.01. The Labute approximate surface area is 51.9 Å². The third-order valence-electron chi connectivity index (χ3n) is 0.996. The summed E-state index contributed by atoms with van der Waals surface area (Å²) in [5.74, 6) is 0. The molecule has 4 heteroatoms. The van der Waals surface area contributed by atoms with Crippen molar-refractivity contribution in [2.45, 2.75) is 0 Å². The highest BCUT2D eigenvalue weighted by molar-refractivity contribution is 5.37. The standard InChI is InChI=1S/C5H7N3O/c1-6-4-2-3-7-8-5(4)9/h2-3H,1H3,(H,6,7)(H,8,9). The molecule has 1 aromatic heterocycles. The Kier molecular flexibility index (Phi) is 1.48. The molecule has 1 rings (SSSR count). The van der Waals surface area contributed by atoms with Crippen molar-refractivity contribution in [3.8, 4) is 0 Å². The fourth-order valence-electron chi connectivity index (χ4n) is 0.540. The molecule has 0 aliphatic rings. The number of rotatable bonds is 1. The van der Waals surface area contributed by atoms with Gasteiger partial charge in [0.25, 0.3) is 5.56 Å². The molecule has 0 fully saturated rings. The van der Waals surface area contributed by atoms with Crippen LogP contribution in [0.25, 0.3) is 0 Å². The highest BCUT2D eigenvalue weighted by atomic mass is 16.1. The molecule has 0 atom stereocenters. The zero-order chi connectivity index (χ0) is 6.69. The summed E-state index contributed by atoms with van der Waals surface area (Å²) in [6.45, 7) is 0.